The Labute approximate surface area is 87.3 Å². The van der Waals surface area contributed by atoms with E-state index >= 15 is 0 Å². The molecule has 1 aromatic rings. The molecule has 0 aromatic carbocycles. The van der Waals surface area contributed by atoms with Gasteiger partial charge < -0.3 is 21.4 Å². The number of hydrogen-bond acceptors (Lipinski definition) is 5. The predicted octanol–water partition coefficient (Wildman–Crippen LogP) is -0.720. The van der Waals surface area contributed by atoms with Crippen LogP contribution in [0, 0.1) is 0 Å². The summed E-state index contributed by atoms with van der Waals surface area (Å²) in [6, 6.07) is 0. The molecule has 1 aliphatic heterocycles. The first kappa shape index (κ1) is 9.97. The molecule has 2 heterocycles. The van der Waals surface area contributed by atoms with Crippen molar-refractivity contribution in [1.82, 2.24) is 9.97 Å². The first-order chi connectivity index (χ1) is 7.06. The van der Waals surface area contributed by atoms with Crippen LogP contribution >= 0.6 is 0 Å². The number of nitrogens with zero attached hydrogens (tertiary/aromatic N) is 2. The van der Waals surface area contributed by atoms with Gasteiger partial charge >= 0.3 is 0 Å². The van der Waals surface area contributed by atoms with Crippen molar-refractivity contribution < 1.29 is 0 Å². The molecule has 0 atom stereocenters. The molecule has 2 rings (SSSR count). The van der Waals surface area contributed by atoms with Gasteiger partial charge in [0.05, 0.1) is 11.9 Å². The maximum absolute atomic E-state index is 11.2. The summed E-state index contributed by atoms with van der Waals surface area (Å²) < 4.78 is 0. The standard InChI is InChI=1S/C9H15N5O/c1-2-9(11)3-14(4-9)7-6(10)8(15)13-5-12-7/h5H,2-4,10-11H2,1H3,(H,12,13,15). The highest BCUT2D eigenvalue weighted by molar-refractivity contribution is 5.63. The van der Waals surface area contributed by atoms with Crippen molar-refractivity contribution in [1.29, 1.82) is 0 Å². The highest BCUT2D eigenvalue weighted by Crippen LogP contribution is 2.28. The molecule has 0 amide bonds. The van der Waals surface area contributed by atoms with Crippen LogP contribution in [-0.2, 0) is 0 Å². The molecule has 82 valence electrons. The number of nitrogen functional groups attached to an aromatic ring is 1. The Morgan fingerprint density at radius 3 is 2.93 bits per heavy atom. The van der Waals surface area contributed by atoms with E-state index in [0.717, 1.165) is 6.42 Å². The van der Waals surface area contributed by atoms with E-state index in [2.05, 4.69) is 9.97 Å². The Kier molecular flexibility index (Phi) is 2.15. The number of nitrogens with one attached hydrogen (secondary N) is 1. The van der Waals surface area contributed by atoms with Crippen LogP contribution in [0.2, 0.25) is 0 Å². The molecule has 1 saturated heterocycles. The highest BCUT2D eigenvalue weighted by Gasteiger charge is 2.39. The van der Waals surface area contributed by atoms with Crippen LogP contribution in [0.25, 0.3) is 0 Å². The minimum atomic E-state index is -0.300. The second-order valence-corrected chi connectivity index (χ2v) is 4.04. The Morgan fingerprint density at radius 2 is 2.33 bits per heavy atom. The molecular formula is C9H15N5O. The molecular weight excluding hydrogens is 194 g/mol. The molecule has 15 heavy (non-hydrogen) atoms. The lowest BCUT2D eigenvalue weighted by molar-refractivity contribution is 0.320. The zero-order valence-electron chi connectivity index (χ0n) is 8.66. The van der Waals surface area contributed by atoms with Gasteiger partial charge in [0.15, 0.2) is 5.82 Å². The van der Waals surface area contributed by atoms with Gasteiger partial charge in [-0.3, -0.25) is 4.79 Å². The van der Waals surface area contributed by atoms with Crippen molar-refractivity contribution in [3.05, 3.63) is 16.7 Å². The average molecular weight is 209 g/mol. The lowest BCUT2D eigenvalue weighted by atomic mass is 9.88. The minimum absolute atomic E-state index is 0.156. The maximum atomic E-state index is 11.2. The summed E-state index contributed by atoms with van der Waals surface area (Å²) in [7, 11) is 0. The van der Waals surface area contributed by atoms with Crippen molar-refractivity contribution in [3.63, 3.8) is 0 Å². The molecule has 1 aromatic heterocycles. The molecule has 1 fully saturated rings. The predicted molar refractivity (Wildman–Crippen MR) is 58.7 cm³/mol. The first-order valence-corrected chi connectivity index (χ1v) is 4.93. The largest absolute Gasteiger partial charge is 0.391 e. The van der Waals surface area contributed by atoms with Gasteiger partial charge in [-0.05, 0) is 6.42 Å². The zero-order chi connectivity index (χ0) is 11.1. The Hall–Kier alpha value is -1.56. The fraction of sp³-hybridized carbons (Fsp3) is 0.556. The van der Waals surface area contributed by atoms with Gasteiger partial charge in [0.25, 0.3) is 5.56 Å². The summed E-state index contributed by atoms with van der Waals surface area (Å²) >= 11 is 0. The van der Waals surface area contributed by atoms with E-state index in [1.54, 1.807) is 0 Å². The summed E-state index contributed by atoms with van der Waals surface area (Å²) in [5, 5.41) is 0. The highest BCUT2D eigenvalue weighted by atomic mass is 16.1. The topological polar surface area (TPSA) is 101 Å². The van der Waals surface area contributed by atoms with E-state index in [1.165, 1.54) is 6.33 Å². The van der Waals surface area contributed by atoms with E-state index < -0.39 is 0 Å². The number of hydrogen-bond donors (Lipinski definition) is 3. The quantitative estimate of drug-likeness (QED) is 0.596. The van der Waals surface area contributed by atoms with E-state index in [-0.39, 0.29) is 16.8 Å². The fourth-order valence-electron chi connectivity index (χ4n) is 1.74. The number of nitrogens with two attached hydrogens (primary N) is 2. The van der Waals surface area contributed by atoms with Crippen molar-refractivity contribution in [2.45, 2.75) is 18.9 Å². The third-order valence-corrected chi connectivity index (χ3v) is 2.88. The number of H-pyrrole nitrogens is 1. The maximum Gasteiger partial charge on any atom is 0.276 e. The minimum Gasteiger partial charge on any atom is -0.391 e. The summed E-state index contributed by atoms with van der Waals surface area (Å²) in [5.41, 5.74) is 11.4. The molecule has 0 aliphatic carbocycles. The second-order valence-electron chi connectivity index (χ2n) is 4.04. The molecule has 0 saturated carbocycles. The van der Waals surface area contributed by atoms with E-state index in [9.17, 15) is 4.79 Å². The molecule has 0 bridgehead atoms. The summed E-state index contributed by atoms with van der Waals surface area (Å²) in [6.45, 7) is 3.44. The summed E-state index contributed by atoms with van der Waals surface area (Å²) in [5.74, 6) is 0.535. The van der Waals surface area contributed by atoms with Crippen LogP contribution in [0.1, 0.15) is 13.3 Å². The smallest absolute Gasteiger partial charge is 0.276 e. The van der Waals surface area contributed by atoms with E-state index in [0.29, 0.717) is 18.9 Å². The fourth-order valence-corrected chi connectivity index (χ4v) is 1.74. The van der Waals surface area contributed by atoms with E-state index in [4.69, 9.17) is 11.5 Å². The lowest BCUT2D eigenvalue weighted by Crippen LogP contribution is -2.67. The molecule has 0 unspecified atom stereocenters. The summed E-state index contributed by atoms with van der Waals surface area (Å²) in [4.78, 5) is 19.6. The lowest BCUT2D eigenvalue weighted by Gasteiger charge is -2.48. The average Bonchev–Trinajstić information content (AvgIpc) is 2.18. The Morgan fingerprint density at radius 1 is 1.67 bits per heavy atom. The number of aromatic nitrogens is 2. The second kappa shape index (κ2) is 3.23. The summed E-state index contributed by atoms with van der Waals surface area (Å²) in [6.07, 6.45) is 2.27. The molecule has 5 N–H and O–H groups in total. The molecule has 1 aliphatic rings. The van der Waals surface area contributed by atoms with Crippen molar-refractivity contribution in [3.8, 4) is 0 Å². The Balaban J connectivity index is 2.20. The van der Waals surface area contributed by atoms with Crippen molar-refractivity contribution in [2.75, 3.05) is 23.7 Å². The third-order valence-electron chi connectivity index (χ3n) is 2.88. The van der Waals surface area contributed by atoms with Crippen molar-refractivity contribution in [2.24, 2.45) is 5.73 Å². The first-order valence-electron chi connectivity index (χ1n) is 4.93. The van der Waals surface area contributed by atoms with Crippen LogP contribution in [0.4, 0.5) is 11.5 Å². The third kappa shape index (κ3) is 1.56. The van der Waals surface area contributed by atoms with E-state index in [1.807, 2.05) is 11.8 Å². The van der Waals surface area contributed by atoms with Gasteiger partial charge in [0, 0.05) is 13.1 Å². The van der Waals surface area contributed by atoms with Crippen molar-refractivity contribution >= 4 is 11.5 Å². The van der Waals surface area contributed by atoms with Gasteiger partial charge in [0.1, 0.15) is 5.69 Å². The zero-order valence-corrected chi connectivity index (χ0v) is 8.66. The molecule has 0 radical (unpaired) electrons. The van der Waals surface area contributed by atoms with Gasteiger partial charge in [0.2, 0.25) is 0 Å². The molecule has 0 spiro atoms. The van der Waals surface area contributed by atoms with Gasteiger partial charge in [-0.2, -0.15) is 0 Å². The SMILES string of the molecule is CCC1(N)CN(c2nc[nH]c(=O)c2N)C1. The van der Waals surface area contributed by atoms with Crippen LogP contribution < -0.4 is 21.9 Å². The van der Waals surface area contributed by atoms with Crippen LogP contribution in [0.3, 0.4) is 0 Å². The van der Waals surface area contributed by atoms with Crippen LogP contribution in [0.5, 0.6) is 0 Å². The molecule has 6 heteroatoms. The van der Waals surface area contributed by atoms with Gasteiger partial charge in [-0.1, -0.05) is 6.92 Å². The molecule has 6 nitrogen and oxygen atoms in total. The van der Waals surface area contributed by atoms with Gasteiger partial charge in [-0.25, -0.2) is 4.98 Å². The number of rotatable bonds is 2. The van der Waals surface area contributed by atoms with Crippen LogP contribution in [-0.4, -0.2) is 28.6 Å². The normalized spacial score (nSPS) is 18.7. The number of aromatic amines is 1. The Bertz CT molecular complexity index is 421. The number of anilines is 2. The van der Waals surface area contributed by atoms with Crippen LogP contribution in [0.15, 0.2) is 11.1 Å². The monoisotopic (exact) mass is 209 g/mol. The van der Waals surface area contributed by atoms with Gasteiger partial charge in [-0.15, -0.1) is 0 Å².